The van der Waals surface area contributed by atoms with Crippen LogP contribution in [0, 0.1) is 0 Å². The highest BCUT2D eigenvalue weighted by Gasteiger charge is 2.14. The van der Waals surface area contributed by atoms with Gasteiger partial charge in [0.05, 0.1) is 13.1 Å². The number of para-hydroxylation sites is 1. The van der Waals surface area contributed by atoms with Crippen LogP contribution in [0.15, 0.2) is 54.6 Å². The zero-order valence-electron chi connectivity index (χ0n) is 17.3. The Hall–Kier alpha value is -3.55. The second-order valence-electron chi connectivity index (χ2n) is 6.99. The first-order valence-corrected chi connectivity index (χ1v) is 10.0. The first kappa shape index (κ1) is 21.2. The summed E-state index contributed by atoms with van der Waals surface area (Å²) in [4.78, 5) is 27.6. The average molecular weight is 406 g/mol. The summed E-state index contributed by atoms with van der Waals surface area (Å²) in [6.07, 6.45) is 1.69. The molecule has 0 unspecified atom stereocenters. The van der Waals surface area contributed by atoms with E-state index in [1.807, 2.05) is 61.5 Å². The maximum absolute atomic E-state index is 12.4. The maximum atomic E-state index is 12.4. The Kier molecular flexibility index (Phi) is 7.26. The molecule has 0 atom stereocenters. The van der Waals surface area contributed by atoms with E-state index in [1.165, 1.54) is 9.70 Å². The van der Waals surface area contributed by atoms with Crippen LogP contribution in [-0.2, 0) is 22.6 Å². The number of hydrogen-bond acceptors (Lipinski definition) is 5. The highest BCUT2D eigenvalue weighted by molar-refractivity contribution is 5.95. The fraction of sp³-hybridized carbons (Fsp3) is 0.318. The third kappa shape index (κ3) is 5.73. The van der Waals surface area contributed by atoms with Crippen molar-refractivity contribution in [1.29, 1.82) is 0 Å². The summed E-state index contributed by atoms with van der Waals surface area (Å²) in [5.74, 6) is 0.248. The molecular formula is C22H26N6O2. The van der Waals surface area contributed by atoms with Crippen LogP contribution in [0.4, 0.5) is 5.69 Å². The van der Waals surface area contributed by atoms with Gasteiger partial charge in [-0.25, -0.2) is 0 Å². The van der Waals surface area contributed by atoms with E-state index in [9.17, 15) is 9.59 Å². The highest BCUT2D eigenvalue weighted by Crippen LogP contribution is 2.15. The van der Waals surface area contributed by atoms with E-state index in [0.29, 0.717) is 25.2 Å². The van der Waals surface area contributed by atoms with Crippen molar-refractivity contribution >= 4 is 17.5 Å². The predicted octanol–water partition coefficient (Wildman–Crippen LogP) is 2.78. The molecule has 3 rings (SSSR count). The molecule has 0 fully saturated rings. The predicted molar refractivity (Wildman–Crippen MR) is 115 cm³/mol. The first-order chi connectivity index (χ1) is 14.6. The van der Waals surface area contributed by atoms with Crippen molar-refractivity contribution in [2.24, 2.45) is 0 Å². The van der Waals surface area contributed by atoms with E-state index in [2.05, 4.69) is 20.7 Å². The highest BCUT2D eigenvalue weighted by atomic mass is 16.2. The molecule has 1 N–H and O–H groups in total. The molecule has 0 saturated carbocycles. The number of amides is 2. The van der Waals surface area contributed by atoms with Crippen molar-refractivity contribution in [2.75, 3.05) is 18.9 Å². The Morgan fingerprint density at radius 3 is 2.57 bits per heavy atom. The molecular weight excluding hydrogens is 380 g/mol. The van der Waals surface area contributed by atoms with Gasteiger partial charge >= 0.3 is 0 Å². The molecule has 2 aromatic carbocycles. The van der Waals surface area contributed by atoms with Gasteiger partial charge < -0.3 is 10.2 Å². The van der Waals surface area contributed by atoms with Gasteiger partial charge in [0.1, 0.15) is 0 Å². The Labute approximate surface area is 175 Å². The molecule has 0 aliphatic rings. The van der Waals surface area contributed by atoms with E-state index in [1.54, 1.807) is 7.05 Å². The Bertz CT molecular complexity index is 986. The van der Waals surface area contributed by atoms with Crippen molar-refractivity contribution in [2.45, 2.75) is 32.7 Å². The van der Waals surface area contributed by atoms with E-state index >= 15 is 0 Å². The van der Waals surface area contributed by atoms with Crippen LogP contribution in [0.5, 0.6) is 0 Å². The third-order valence-electron chi connectivity index (χ3n) is 4.71. The Morgan fingerprint density at radius 1 is 1.07 bits per heavy atom. The molecule has 30 heavy (non-hydrogen) atoms. The van der Waals surface area contributed by atoms with E-state index in [0.717, 1.165) is 23.2 Å². The van der Waals surface area contributed by atoms with Gasteiger partial charge in [0.25, 0.3) is 0 Å². The molecule has 2 amide bonds. The van der Waals surface area contributed by atoms with Crippen LogP contribution in [-0.4, -0.2) is 50.5 Å². The van der Waals surface area contributed by atoms with Gasteiger partial charge in [-0.15, -0.1) is 10.2 Å². The maximum Gasteiger partial charge on any atom is 0.243 e. The number of aryl methyl sites for hydroxylation is 2. The number of benzene rings is 2. The summed E-state index contributed by atoms with van der Waals surface area (Å²) in [5.41, 5.74) is 2.75. The summed E-state index contributed by atoms with van der Waals surface area (Å²) < 4.78 is 0. The van der Waals surface area contributed by atoms with Crippen LogP contribution >= 0.6 is 0 Å². The smallest absolute Gasteiger partial charge is 0.243 e. The number of tetrazole rings is 1. The van der Waals surface area contributed by atoms with E-state index in [-0.39, 0.29) is 18.4 Å². The first-order valence-electron chi connectivity index (χ1n) is 10.0. The molecule has 8 nitrogen and oxygen atoms in total. The minimum Gasteiger partial charge on any atom is -0.336 e. The number of likely N-dealkylation sites (N-methyl/N-ethyl adjacent to an activating group) is 1. The normalized spacial score (nSPS) is 10.6. The van der Waals surface area contributed by atoms with Gasteiger partial charge in [0.15, 0.2) is 0 Å². The van der Waals surface area contributed by atoms with Crippen LogP contribution < -0.4 is 5.32 Å². The fourth-order valence-electron chi connectivity index (χ4n) is 3.05. The molecule has 8 heteroatoms. The Morgan fingerprint density at radius 2 is 1.80 bits per heavy atom. The molecule has 1 aromatic heterocycles. The van der Waals surface area contributed by atoms with Gasteiger partial charge in [-0.1, -0.05) is 55.5 Å². The summed E-state index contributed by atoms with van der Waals surface area (Å²) in [5, 5.41) is 15.3. The average Bonchev–Trinajstić information content (AvgIpc) is 3.23. The molecule has 0 saturated heterocycles. The number of carbonyl (C=O) groups excluding carboxylic acids is 2. The number of carbonyl (C=O) groups is 2. The standard InChI is InChI=1S/C22H26N6O2/c1-3-17-10-7-8-13-19(17)23-20(29)16-27(2)21(30)14-9-15-28-25-22(24-26-28)18-11-5-4-6-12-18/h4-8,10-13H,3,9,14-16H2,1-2H3,(H,23,29). The molecule has 0 spiro atoms. The van der Waals surface area contributed by atoms with Gasteiger partial charge in [-0.05, 0) is 29.7 Å². The minimum absolute atomic E-state index is 0.0105. The van der Waals surface area contributed by atoms with Crippen LogP contribution in [0.25, 0.3) is 11.4 Å². The third-order valence-corrected chi connectivity index (χ3v) is 4.71. The van der Waals surface area contributed by atoms with Crippen LogP contribution in [0.1, 0.15) is 25.3 Å². The van der Waals surface area contributed by atoms with E-state index < -0.39 is 0 Å². The molecule has 0 radical (unpaired) electrons. The molecule has 1 heterocycles. The monoisotopic (exact) mass is 406 g/mol. The number of aromatic nitrogens is 4. The lowest BCUT2D eigenvalue weighted by molar-refractivity contribution is -0.133. The second-order valence-corrected chi connectivity index (χ2v) is 6.99. The topological polar surface area (TPSA) is 93.0 Å². The largest absolute Gasteiger partial charge is 0.336 e. The summed E-state index contributed by atoms with van der Waals surface area (Å²) in [6, 6.07) is 17.3. The Balaban J connectivity index is 1.43. The zero-order chi connectivity index (χ0) is 21.3. The zero-order valence-corrected chi connectivity index (χ0v) is 17.3. The number of nitrogens with zero attached hydrogens (tertiary/aromatic N) is 5. The lowest BCUT2D eigenvalue weighted by Crippen LogP contribution is -2.35. The molecule has 0 aliphatic carbocycles. The lowest BCUT2D eigenvalue weighted by Gasteiger charge is -2.17. The minimum atomic E-state index is -0.211. The summed E-state index contributed by atoms with van der Waals surface area (Å²) >= 11 is 0. The summed E-state index contributed by atoms with van der Waals surface area (Å²) in [7, 11) is 1.63. The molecule has 0 bridgehead atoms. The molecule has 3 aromatic rings. The second kappa shape index (κ2) is 10.3. The number of nitrogens with one attached hydrogen (secondary N) is 1. The van der Waals surface area contributed by atoms with E-state index in [4.69, 9.17) is 0 Å². The van der Waals surface area contributed by atoms with Crippen molar-refractivity contribution in [3.63, 3.8) is 0 Å². The van der Waals surface area contributed by atoms with Gasteiger partial charge in [-0.2, -0.15) is 4.80 Å². The van der Waals surface area contributed by atoms with Crippen molar-refractivity contribution < 1.29 is 9.59 Å². The number of rotatable bonds is 9. The SMILES string of the molecule is CCc1ccccc1NC(=O)CN(C)C(=O)CCCn1nnc(-c2ccccc2)n1. The number of hydrogen-bond donors (Lipinski definition) is 1. The number of anilines is 1. The van der Waals surface area contributed by atoms with Gasteiger partial charge in [0, 0.05) is 24.7 Å². The van der Waals surface area contributed by atoms with Crippen molar-refractivity contribution in [3.8, 4) is 11.4 Å². The van der Waals surface area contributed by atoms with Crippen molar-refractivity contribution in [1.82, 2.24) is 25.1 Å². The van der Waals surface area contributed by atoms with Crippen LogP contribution in [0.3, 0.4) is 0 Å². The van der Waals surface area contributed by atoms with Crippen molar-refractivity contribution in [3.05, 3.63) is 60.2 Å². The fourth-order valence-corrected chi connectivity index (χ4v) is 3.05. The molecule has 0 aliphatic heterocycles. The van der Waals surface area contributed by atoms with Gasteiger partial charge in [0.2, 0.25) is 17.6 Å². The lowest BCUT2D eigenvalue weighted by atomic mass is 10.1. The van der Waals surface area contributed by atoms with Crippen LogP contribution in [0.2, 0.25) is 0 Å². The molecule has 156 valence electrons. The quantitative estimate of drug-likeness (QED) is 0.590. The summed E-state index contributed by atoms with van der Waals surface area (Å²) in [6.45, 7) is 2.53. The van der Waals surface area contributed by atoms with Gasteiger partial charge in [-0.3, -0.25) is 9.59 Å².